The Morgan fingerprint density at radius 2 is 2.10 bits per heavy atom. The summed E-state index contributed by atoms with van der Waals surface area (Å²) in [5, 5.41) is 3.44. The van der Waals surface area contributed by atoms with Crippen LogP contribution in [0.3, 0.4) is 0 Å². The lowest BCUT2D eigenvalue weighted by molar-refractivity contribution is 0.300. The van der Waals surface area contributed by atoms with Crippen molar-refractivity contribution in [2.45, 2.75) is 19.8 Å². The highest BCUT2D eigenvalue weighted by Gasteiger charge is 2.18. The summed E-state index contributed by atoms with van der Waals surface area (Å²) in [5.74, 6) is 2.77. The van der Waals surface area contributed by atoms with Gasteiger partial charge in [0.25, 0.3) is 0 Å². The predicted molar refractivity (Wildman–Crippen MR) is 48.6 cm³/mol. The number of nitrogens with one attached hydrogen (secondary N) is 1. The van der Waals surface area contributed by atoms with Crippen LogP contribution in [0.5, 0.6) is 0 Å². The van der Waals surface area contributed by atoms with Gasteiger partial charge in [-0.05, 0) is 37.1 Å². The molecule has 1 heterocycles. The molecule has 1 aliphatic heterocycles. The molecule has 0 aromatic carbocycles. The summed E-state index contributed by atoms with van der Waals surface area (Å²) >= 11 is 4.30. The lowest BCUT2D eigenvalue weighted by Gasteiger charge is -2.28. The molecule has 60 valence electrons. The van der Waals surface area contributed by atoms with Gasteiger partial charge in [0, 0.05) is 0 Å². The largest absolute Gasteiger partial charge is 0.316 e. The summed E-state index contributed by atoms with van der Waals surface area (Å²) in [6, 6.07) is 0. The second-order valence-corrected chi connectivity index (χ2v) is 3.58. The van der Waals surface area contributed by atoms with E-state index in [-0.39, 0.29) is 0 Å². The average Bonchev–Trinajstić information content (AvgIpc) is 2.05. The number of hydrogen-bond donors (Lipinski definition) is 2. The minimum Gasteiger partial charge on any atom is -0.316 e. The number of hydrogen-bond acceptors (Lipinski definition) is 2. The molecule has 0 aromatic heterocycles. The molecular weight excluding hydrogens is 142 g/mol. The van der Waals surface area contributed by atoms with Gasteiger partial charge in [0.2, 0.25) is 0 Å². The third kappa shape index (κ3) is 2.17. The van der Waals surface area contributed by atoms with Gasteiger partial charge in [-0.3, -0.25) is 0 Å². The van der Waals surface area contributed by atoms with E-state index in [2.05, 4.69) is 24.9 Å². The molecule has 1 rings (SSSR count). The fourth-order valence-corrected chi connectivity index (χ4v) is 1.86. The van der Waals surface area contributed by atoms with Crippen LogP contribution in [0.2, 0.25) is 0 Å². The Bertz CT molecular complexity index is 85.3. The van der Waals surface area contributed by atoms with Crippen LogP contribution in [0.15, 0.2) is 0 Å². The molecule has 0 spiro atoms. The van der Waals surface area contributed by atoms with E-state index < -0.39 is 0 Å². The maximum absolute atomic E-state index is 4.30. The molecular formula is C8H17NS. The highest BCUT2D eigenvalue weighted by atomic mass is 32.1. The number of thiol groups is 1. The van der Waals surface area contributed by atoms with Crippen molar-refractivity contribution < 1.29 is 0 Å². The van der Waals surface area contributed by atoms with Crippen molar-refractivity contribution in [1.29, 1.82) is 0 Å². The fraction of sp³-hybridized carbons (Fsp3) is 1.00. The van der Waals surface area contributed by atoms with E-state index in [1.807, 2.05) is 0 Å². The zero-order valence-electron chi connectivity index (χ0n) is 6.64. The van der Waals surface area contributed by atoms with Crippen molar-refractivity contribution in [3.05, 3.63) is 0 Å². The van der Waals surface area contributed by atoms with Crippen molar-refractivity contribution in [2.75, 3.05) is 18.8 Å². The van der Waals surface area contributed by atoms with Crippen LogP contribution in [0.25, 0.3) is 0 Å². The van der Waals surface area contributed by atoms with Gasteiger partial charge >= 0.3 is 0 Å². The maximum atomic E-state index is 4.30. The SMILES string of the molecule is CCC1CNCC(CS)C1. The first-order valence-corrected chi connectivity index (χ1v) is 4.81. The molecule has 1 nitrogen and oxygen atoms in total. The Morgan fingerprint density at radius 3 is 2.70 bits per heavy atom. The molecule has 0 saturated carbocycles. The maximum Gasteiger partial charge on any atom is -0.00125 e. The zero-order chi connectivity index (χ0) is 7.40. The molecule has 0 radical (unpaired) electrons. The van der Waals surface area contributed by atoms with E-state index in [9.17, 15) is 0 Å². The van der Waals surface area contributed by atoms with Crippen LogP contribution in [0.4, 0.5) is 0 Å². The average molecular weight is 159 g/mol. The van der Waals surface area contributed by atoms with Crippen molar-refractivity contribution in [2.24, 2.45) is 11.8 Å². The van der Waals surface area contributed by atoms with Crippen LogP contribution < -0.4 is 5.32 Å². The Kier molecular flexibility index (Phi) is 3.57. The number of piperidine rings is 1. The van der Waals surface area contributed by atoms with E-state index in [4.69, 9.17) is 0 Å². The van der Waals surface area contributed by atoms with Gasteiger partial charge < -0.3 is 5.32 Å². The number of rotatable bonds is 2. The van der Waals surface area contributed by atoms with E-state index in [0.29, 0.717) is 0 Å². The van der Waals surface area contributed by atoms with Crippen molar-refractivity contribution >= 4 is 12.6 Å². The summed E-state index contributed by atoms with van der Waals surface area (Å²) in [5.41, 5.74) is 0. The minimum atomic E-state index is 0.821. The molecule has 2 heteroatoms. The summed E-state index contributed by atoms with van der Waals surface area (Å²) in [7, 11) is 0. The van der Waals surface area contributed by atoms with Gasteiger partial charge in [0.05, 0.1) is 0 Å². The molecule has 2 unspecified atom stereocenters. The van der Waals surface area contributed by atoms with Crippen molar-refractivity contribution in [3.63, 3.8) is 0 Å². The molecule has 1 fully saturated rings. The normalized spacial score (nSPS) is 34.2. The third-order valence-corrected chi connectivity index (χ3v) is 2.88. The minimum absolute atomic E-state index is 0.821. The Hall–Kier alpha value is 0.310. The van der Waals surface area contributed by atoms with Crippen molar-refractivity contribution in [3.8, 4) is 0 Å². The van der Waals surface area contributed by atoms with E-state index >= 15 is 0 Å². The van der Waals surface area contributed by atoms with Crippen LogP contribution in [-0.2, 0) is 0 Å². The smallest absolute Gasteiger partial charge is 0.00125 e. The van der Waals surface area contributed by atoms with E-state index in [1.165, 1.54) is 25.9 Å². The van der Waals surface area contributed by atoms with Crippen LogP contribution in [-0.4, -0.2) is 18.8 Å². The third-order valence-electron chi connectivity index (χ3n) is 2.37. The van der Waals surface area contributed by atoms with Gasteiger partial charge in [0.1, 0.15) is 0 Å². The highest BCUT2D eigenvalue weighted by Crippen LogP contribution is 2.19. The molecule has 1 N–H and O–H groups in total. The summed E-state index contributed by atoms with van der Waals surface area (Å²) < 4.78 is 0. The van der Waals surface area contributed by atoms with Crippen LogP contribution >= 0.6 is 12.6 Å². The zero-order valence-corrected chi connectivity index (χ0v) is 7.53. The molecule has 0 aromatic rings. The predicted octanol–water partition coefficient (Wildman–Crippen LogP) is 1.55. The molecule has 10 heavy (non-hydrogen) atoms. The Labute approximate surface area is 69.0 Å². The summed E-state index contributed by atoms with van der Waals surface area (Å²) in [4.78, 5) is 0. The molecule has 0 bridgehead atoms. The monoisotopic (exact) mass is 159 g/mol. The second-order valence-electron chi connectivity index (χ2n) is 3.22. The fourth-order valence-electron chi connectivity index (χ4n) is 1.58. The van der Waals surface area contributed by atoms with E-state index in [1.54, 1.807) is 0 Å². The summed E-state index contributed by atoms with van der Waals surface area (Å²) in [6.45, 7) is 4.67. The van der Waals surface area contributed by atoms with Gasteiger partial charge in [-0.2, -0.15) is 12.6 Å². The van der Waals surface area contributed by atoms with E-state index in [0.717, 1.165) is 17.6 Å². The van der Waals surface area contributed by atoms with Crippen LogP contribution in [0.1, 0.15) is 19.8 Å². The standard InChI is InChI=1S/C8H17NS/c1-2-7-3-8(6-10)5-9-4-7/h7-10H,2-6H2,1H3. The first kappa shape index (κ1) is 8.41. The molecule has 2 atom stereocenters. The Morgan fingerprint density at radius 1 is 1.40 bits per heavy atom. The lowest BCUT2D eigenvalue weighted by Crippen LogP contribution is -2.36. The topological polar surface area (TPSA) is 12.0 Å². The molecule has 1 saturated heterocycles. The molecule has 1 aliphatic rings. The van der Waals surface area contributed by atoms with Gasteiger partial charge in [0.15, 0.2) is 0 Å². The Balaban J connectivity index is 2.25. The summed E-state index contributed by atoms with van der Waals surface area (Å²) in [6.07, 6.45) is 2.70. The van der Waals surface area contributed by atoms with Crippen LogP contribution in [0, 0.1) is 11.8 Å². The first-order valence-electron chi connectivity index (χ1n) is 4.18. The quantitative estimate of drug-likeness (QED) is 0.583. The van der Waals surface area contributed by atoms with Gasteiger partial charge in [-0.15, -0.1) is 0 Å². The second kappa shape index (κ2) is 4.24. The first-order chi connectivity index (χ1) is 4.86. The van der Waals surface area contributed by atoms with Gasteiger partial charge in [-0.25, -0.2) is 0 Å². The van der Waals surface area contributed by atoms with Crippen molar-refractivity contribution in [1.82, 2.24) is 5.32 Å². The van der Waals surface area contributed by atoms with Gasteiger partial charge in [-0.1, -0.05) is 13.3 Å². The lowest BCUT2D eigenvalue weighted by atomic mass is 9.90. The highest BCUT2D eigenvalue weighted by molar-refractivity contribution is 7.80. The molecule has 0 amide bonds. The molecule has 0 aliphatic carbocycles.